The first-order valence-electron chi connectivity index (χ1n) is 6.43. The van der Waals surface area contributed by atoms with E-state index in [1.54, 1.807) is 25.5 Å². The molecule has 3 aromatic rings. The number of thiophene rings is 1. The number of halogens is 1. The monoisotopic (exact) mass is 319 g/mol. The van der Waals surface area contributed by atoms with Crippen molar-refractivity contribution < 1.29 is 4.74 Å². The predicted molar refractivity (Wildman–Crippen MR) is 88.7 cm³/mol. The van der Waals surface area contributed by atoms with Gasteiger partial charge < -0.3 is 10.1 Å². The molecule has 0 unspecified atom stereocenters. The molecule has 0 aliphatic rings. The lowest BCUT2D eigenvalue weighted by Gasteiger charge is -2.05. The van der Waals surface area contributed by atoms with Gasteiger partial charge in [0.25, 0.3) is 0 Å². The summed E-state index contributed by atoms with van der Waals surface area (Å²) in [6.45, 7) is 2.07. The molecular weight excluding hydrogens is 306 g/mol. The number of fused-ring (bicyclic) bond motifs is 1. The molecule has 1 N–H and O–H groups in total. The highest BCUT2D eigenvalue weighted by molar-refractivity contribution is 7.19. The first-order chi connectivity index (χ1) is 10.1. The molecule has 21 heavy (non-hydrogen) atoms. The summed E-state index contributed by atoms with van der Waals surface area (Å²) in [5.41, 5.74) is 2.17. The smallest absolute Gasteiger partial charge is 0.225 e. The maximum Gasteiger partial charge on any atom is 0.225 e. The van der Waals surface area contributed by atoms with Crippen LogP contribution in [0.15, 0.2) is 24.3 Å². The van der Waals surface area contributed by atoms with Gasteiger partial charge in [0.05, 0.1) is 12.5 Å². The Labute approximate surface area is 131 Å². The summed E-state index contributed by atoms with van der Waals surface area (Å²) < 4.78 is 5.20. The van der Waals surface area contributed by atoms with Gasteiger partial charge in [-0.2, -0.15) is 0 Å². The van der Waals surface area contributed by atoms with Gasteiger partial charge in [-0.25, -0.2) is 9.97 Å². The SMILES string of the molecule is CNc1nc(Cl)c2c(-c3ccc(OC)cc3)c(C)sc2n1. The van der Waals surface area contributed by atoms with Crippen LogP contribution in [0.3, 0.4) is 0 Å². The van der Waals surface area contributed by atoms with Gasteiger partial charge in [0.15, 0.2) is 0 Å². The zero-order chi connectivity index (χ0) is 15.0. The van der Waals surface area contributed by atoms with Gasteiger partial charge in [0.2, 0.25) is 5.95 Å². The van der Waals surface area contributed by atoms with Gasteiger partial charge in [0, 0.05) is 17.5 Å². The summed E-state index contributed by atoms with van der Waals surface area (Å²) in [6.07, 6.45) is 0. The van der Waals surface area contributed by atoms with Crippen LogP contribution in [0, 0.1) is 6.92 Å². The summed E-state index contributed by atoms with van der Waals surface area (Å²) >= 11 is 7.98. The van der Waals surface area contributed by atoms with E-state index in [4.69, 9.17) is 16.3 Å². The van der Waals surface area contributed by atoms with Crippen LogP contribution in [0.2, 0.25) is 5.15 Å². The molecule has 6 heteroatoms. The fourth-order valence-corrected chi connectivity index (χ4v) is 3.65. The zero-order valence-corrected chi connectivity index (χ0v) is 13.5. The second-order valence-corrected chi connectivity index (χ2v) is 6.09. The molecule has 0 atom stereocenters. The molecule has 0 aliphatic heterocycles. The van der Waals surface area contributed by atoms with Crippen molar-refractivity contribution in [1.29, 1.82) is 0 Å². The topological polar surface area (TPSA) is 47.0 Å². The van der Waals surface area contributed by atoms with Gasteiger partial charge in [-0.15, -0.1) is 11.3 Å². The molecule has 108 valence electrons. The highest BCUT2D eigenvalue weighted by Gasteiger charge is 2.17. The Morgan fingerprint density at radius 3 is 2.52 bits per heavy atom. The van der Waals surface area contributed by atoms with Crippen LogP contribution in [0.5, 0.6) is 5.75 Å². The van der Waals surface area contributed by atoms with Crippen molar-refractivity contribution in [2.24, 2.45) is 0 Å². The van der Waals surface area contributed by atoms with Crippen LogP contribution in [0.1, 0.15) is 4.88 Å². The summed E-state index contributed by atoms with van der Waals surface area (Å²) in [5, 5.41) is 4.30. The molecule has 3 rings (SSSR count). The number of hydrogen-bond acceptors (Lipinski definition) is 5. The van der Waals surface area contributed by atoms with E-state index >= 15 is 0 Å². The molecule has 0 amide bonds. The van der Waals surface area contributed by atoms with Crippen molar-refractivity contribution >= 4 is 39.1 Å². The molecule has 0 radical (unpaired) electrons. The zero-order valence-electron chi connectivity index (χ0n) is 11.9. The van der Waals surface area contributed by atoms with Gasteiger partial charge >= 0.3 is 0 Å². The first-order valence-corrected chi connectivity index (χ1v) is 7.62. The molecule has 0 aliphatic carbocycles. The number of aromatic nitrogens is 2. The lowest BCUT2D eigenvalue weighted by atomic mass is 10.0. The molecule has 0 spiro atoms. The van der Waals surface area contributed by atoms with Crippen LogP contribution in [-0.2, 0) is 0 Å². The van der Waals surface area contributed by atoms with E-state index in [2.05, 4.69) is 22.2 Å². The number of benzene rings is 1. The van der Waals surface area contributed by atoms with E-state index in [9.17, 15) is 0 Å². The van der Waals surface area contributed by atoms with Gasteiger partial charge in [0.1, 0.15) is 15.7 Å². The third-order valence-electron chi connectivity index (χ3n) is 3.29. The van der Waals surface area contributed by atoms with E-state index in [0.29, 0.717) is 11.1 Å². The van der Waals surface area contributed by atoms with Crippen molar-refractivity contribution in [3.63, 3.8) is 0 Å². The van der Waals surface area contributed by atoms with Crippen molar-refractivity contribution in [2.75, 3.05) is 19.5 Å². The number of methoxy groups -OCH3 is 1. The second-order valence-electron chi connectivity index (χ2n) is 4.53. The molecular formula is C15H14ClN3OS. The van der Waals surface area contributed by atoms with Crippen LogP contribution >= 0.6 is 22.9 Å². The second kappa shape index (κ2) is 5.50. The van der Waals surface area contributed by atoms with E-state index in [0.717, 1.165) is 27.1 Å². The third-order valence-corrected chi connectivity index (χ3v) is 4.56. The van der Waals surface area contributed by atoms with Gasteiger partial charge in [-0.05, 0) is 24.6 Å². The molecule has 0 saturated heterocycles. The highest BCUT2D eigenvalue weighted by Crippen LogP contribution is 2.41. The summed E-state index contributed by atoms with van der Waals surface area (Å²) in [7, 11) is 3.44. The van der Waals surface area contributed by atoms with E-state index in [-0.39, 0.29) is 0 Å². The number of nitrogens with one attached hydrogen (secondary N) is 1. The standard InChI is InChI=1S/C15H14ClN3OS/c1-8-11(9-4-6-10(20-3)7-5-9)12-13(16)18-15(17-2)19-14(12)21-8/h4-7H,1-3H3,(H,17,18,19). The molecule has 0 bridgehead atoms. The Morgan fingerprint density at radius 2 is 1.90 bits per heavy atom. The van der Waals surface area contributed by atoms with Gasteiger partial charge in [-0.1, -0.05) is 23.7 Å². The van der Waals surface area contributed by atoms with Crippen molar-refractivity contribution in [1.82, 2.24) is 9.97 Å². The normalized spacial score (nSPS) is 10.9. The molecule has 1 aromatic carbocycles. The fraction of sp³-hybridized carbons (Fsp3) is 0.200. The minimum absolute atomic E-state index is 0.472. The Bertz CT molecular complexity index is 799. The minimum atomic E-state index is 0.472. The molecule has 4 nitrogen and oxygen atoms in total. The number of hydrogen-bond donors (Lipinski definition) is 1. The Kier molecular flexibility index (Phi) is 3.69. The Morgan fingerprint density at radius 1 is 1.19 bits per heavy atom. The van der Waals surface area contributed by atoms with Crippen molar-refractivity contribution in [3.05, 3.63) is 34.3 Å². The van der Waals surface area contributed by atoms with Crippen LogP contribution in [0.4, 0.5) is 5.95 Å². The maximum absolute atomic E-state index is 6.36. The number of ether oxygens (including phenoxy) is 1. The number of nitrogens with zero attached hydrogens (tertiary/aromatic N) is 2. The van der Waals surface area contributed by atoms with Gasteiger partial charge in [-0.3, -0.25) is 0 Å². The van der Waals surface area contributed by atoms with E-state index in [1.165, 1.54) is 4.88 Å². The highest BCUT2D eigenvalue weighted by atomic mass is 35.5. The minimum Gasteiger partial charge on any atom is -0.497 e. The van der Waals surface area contributed by atoms with Crippen LogP contribution < -0.4 is 10.1 Å². The number of anilines is 1. The molecule has 2 aromatic heterocycles. The van der Waals surface area contributed by atoms with E-state index in [1.807, 2.05) is 24.3 Å². The number of rotatable bonds is 3. The first kappa shape index (κ1) is 14.1. The maximum atomic E-state index is 6.36. The van der Waals surface area contributed by atoms with E-state index < -0.39 is 0 Å². The Balaban J connectivity index is 2.23. The van der Waals surface area contributed by atoms with Crippen molar-refractivity contribution in [3.8, 4) is 16.9 Å². The van der Waals surface area contributed by atoms with Crippen LogP contribution in [0.25, 0.3) is 21.3 Å². The number of aryl methyl sites for hydroxylation is 1. The largest absolute Gasteiger partial charge is 0.497 e. The summed E-state index contributed by atoms with van der Waals surface area (Å²) in [6, 6.07) is 7.93. The molecule has 2 heterocycles. The average molecular weight is 320 g/mol. The lowest BCUT2D eigenvalue weighted by Crippen LogP contribution is -1.96. The molecule has 0 fully saturated rings. The quantitative estimate of drug-likeness (QED) is 0.728. The van der Waals surface area contributed by atoms with Crippen molar-refractivity contribution in [2.45, 2.75) is 6.92 Å². The summed E-state index contributed by atoms with van der Waals surface area (Å²) in [4.78, 5) is 10.8. The average Bonchev–Trinajstić information content (AvgIpc) is 2.83. The summed E-state index contributed by atoms with van der Waals surface area (Å²) in [5.74, 6) is 1.37. The fourth-order valence-electron chi connectivity index (χ4n) is 2.29. The molecule has 0 saturated carbocycles. The predicted octanol–water partition coefficient (Wildman–Crippen LogP) is 4.37. The Hall–Kier alpha value is -1.85. The third kappa shape index (κ3) is 2.43. The lowest BCUT2D eigenvalue weighted by molar-refractivity contribution is 0.415. The van der Waals surface area contributed by atoms with Crippen LogP contribution in [-0.4, -0.2) is 24.1 Å².